The fourth-order valence-corrected chi connectivity index (χ4v) is 1.34. The van der Waals surface area contributed by atoms with Gasteiger partial charge in [0.15, 0.2) is 0 Å². The molecule has 0 bridgehead atoms. The Balaban J connectivity index is 2.54. The van der Waals surface area contributed by atoms with E-state index in [0.717, 1.165) is 5.56 Å². The van der Waals surface area contributed by atoms with Crippen LogP contribution in [0.1, 0.15) is 12.0 Å². The molecule has 1 rings (SSSR count). The Morgan fingerprint density at radius 1 is 1.29 bits per heavy atom. The number of halogens is 3. The van der Waals surface area contributed by atoms with Gasteiger partial charge in [-0.1, -0.05) is 30.3 Å². The highest BCUT2D eigenvalue weighted by Gasteiger charge is 2.34. The lowest BCUT2D eigenvalue weighted by atomic mass is 10.1. The first-order valence-corrected chi connectivity index (χ1v) is 5.02. The predicted octanol–water partition coefficient (Wildman–Crippen LogP) is 1.58. The molecule has 0 fully saturated rings. The van der Waals surface area contributed by atoms with Gasteiger partial charge in [0.2, 0.25) is 5.91 Å². The van der Waals surface area contributed by atoms with Gasteiger partial charge in [0.1, 0.15) is 0 Å². The maximum absolute atomic E-state index is 12.1. The first-order valence-electron chi connectivity index (χ1n) is 5.02. The lowest BCUT2D eigenvalue weighted by Gasteiger charge is -2.17. The minimum Gasteiger partial charge on any atom is -0.368 e. The topological polar surface area (TPSA) is 55.1 Å². The van der Waals surface area contributed by atoms with Gasteiger partial charge in [-0.2, -0.15) is 13.2 Å². The number of carbonyl (C=O) groups excluding carboxylic acids is 1. The Bertz CT molecular complexity index is 365. The van der Waals surface area contributed by atoms with Crippen LogP contribution in [0.4, 0.5) is 13.2 Å². The average Bonchev–Trinajstić information content (AvgIpc) is 2.24. The highest BCUT2D eigenvalue weighted by Crippen LogP contribution is 2.21. The number of rotatable bonds is 5. The zero-order valence-electron chi connectivity index (χ0n) is 9.00. The molecule has 1 aromatic rings. The molecule has 1 amide bonds. The Morgan fingerprint density at radius 3 is 2.35 bits per heavy atom. The van der Waals surface area contributed by atoms with E-state index in [1.807, 2.05) is 0 Å². The summed E-state index contributed by atoms with van der Waals surface area (Å²) in [6, 6.07) is 7.43. The zero-order valence-corrected chi connectivity index (χ0v) is 9.00. The molecule has 0 heterocycles. The summed E-state index contributed by atoms with van der Waals surface area (Å²) in [4.78, 5) is 10.9. The quantitative estimate of drug-likeness (QED) is 0.828. The second-order valence-electron chi connectivity index (χ2n) is 3.64. The number of nitrogens with one attached hydrogen (secondary N) is 1. The van der Waals surface area contributed by atoms with Crippen molar-refractivity contribution in [2.24, 2.45) is 5.73 Å². The van der Waals surface area contributed by atoms with Crippen molar-refractivity contribution in [3.63, 3.8) is 0 Å². The Kier molecular flexibility index (Phi) is 4.51. The zero-order chi connectivity index (χ0) is 12.9. The van der Waals surface area contributed by atoms with Crippen LogP contribution in [0, 0.1) is 0 Å². The number of amides is 1. The van der Waals surface area contributed by atoms with Crippen molar-refractivity contribution < 1.29 is 18.0 Å². The molecule has 6 heteroatoms. The van der Waals surface area contributed by atoms with E-state index in [1.54, 1.807) is 30.3 Å². The van der Waals surface area contributed by atoms with E-state index in [2.05, 4.69) is 5.32 Å². The van der Waals surface area contributed by atoms with Crippen molar-refractivity contribution in [3.8, 4) is 0 Å². The second kappa shape index (κ2) is 5.67. The number of benzene rings is 1. The molecule has 94 valence electrons. The van der Waals surface area contributed by atoms with Crippen molar-refractivity contribution in [2.75, 3.05) is 0 Å². The summed E-state index contributed by atoms with van der Waals surface area (Å²) in [5.41, 5.74) is 5.70. The monoisotopic (exact) mass is 246 g/mol. The fraction of sp³-hybridized carbons (Fsp3) is 0.364. The summed E-state index contributed by atoms with van der Waals surface area (Å²) in [6.07, 6.45) is -5.67. The van der Waals surface area contributed by atoms with Crippen molar-refractivity contribution in [2.45, 2.75) is 25.2 Å². The number of alkyl halides is 3. The first-order chi connectivity index (χ1) is 7.88. The molecule has 0 saturated carbocycles. The van der Waals surface area contributed by atoms with Crippen LogP contribution in [0.5, 0.6) is 0 Å². The summed E-state index contributed by atoms with van der Waals surface area (Å²) in [7, 11) is 0. The lowest BCUT2D eigenvalue weighted by Crippen LogP contribution is -2.43. The van der Waals surface area contributed by atoms with E-state index in [1.165, 1.54) is 0 Å². The second-order valence-corrected chi connectivity index (χ2v) is 3.64. The normalized spacial score (nSPS) is 13.4. The van der Waals surface area contributed by atoms with Crippen LogP contribution in [0.15, 0.2) is 30.3 Å². The molecule has 1 unspecified atom stereocenters. The number of hydrogen-bond donors (Lipinski definition) is 2. The Hall–Kier alpha value is -1.56. The van der Waals surface area contributed by atoms with E-state index in [0.29, 0.717) is 0 Å². The number of hydrogen-bond acceptors (Lipinski definition) is 2. The van der Waals surface area contributed by atoms with Gasteiger partial charge in [-0.15, -0.1) is 0 Å². The summed E-state index contributed by atoms with van der Waals surface area (Å²) >= 11 is 0. The molecular weight excluding hydrogens is 233 g/mol. The maximum atomic E-state index is 12.1. The third kappa shape index (κ3) is 5.35. The summed E-state index contributed by atoms with van der Waals surface area (Å²) in [6.45, 7) is 0.171. The van der Waals surface area contributed by atoms with Gasteiger partial charge in [0.05, 0.1) is 12.5 Å². The highest BCUT2D eigenvalue weighted by molar-refractivity contribution is 5.79. The number of nitrogens with two attached hydrogens (primary N) is 1. The van der Waals surface area contributed by atoms with Crippen molar-refractivity contribution in [1.82, 2.24) is 5.32 Å². The minimum absolute atomic E-state index is 0.171. The third-order valence-corrected chi connectivity index (χ3v) is 2.17. The van der Waals surface area contributed by atoms with Crippen molar-refractivity contribution in [3.05, 3.63) is 35.9 Å². The van der Waals surface area contributed by atoms with Crippen molar-refractivity contribution >= 4 is 5.91 Å². The molecular formula is C11H13F3N2O. The first kappa shape index (κ1) is 13.5. The molecule has 0 spiro atoms. The SMILES string of the molecule is NC(=O)C(CC(F)(F)F)NCc1ccccc1. The van der Waals surface area contributed by atoms with Gasteiger partial charge >= 0.3 is 6.18 Å². The van der Waals surface area contributed by atoms with Gasteiger partial charge in [0.25, 0.3) is 0 Å². The molecule has 1 aromatic carbocycles. The fourth-order valence-electron chi connectivity index (χ4n) is 1.34. The molecule has 17 heavy (non-hydrogen) atoms. The van der Waals surface area contributed by atoms with Crippen LogP contribution >= 0.6 is 0 Å². The van der Waals surface area contributed by atoms with Gasteiger partial charge < -0.3 is 11.1 Å². The van der Waals surface area contributed by atoms with Gasteiger partial charge in [-0.05, 0) is 5.56 Å². The lowest BCUT2D eigenvalue weighted by molar-refractivity contribution is -0.148. The summed E-state index contributed by atoms with van der Waals surface area (Å²) in [5.74, 6) is -1.00. The van der Waals surface area contributed by atoms with Gasteiger partial charge in [0, 0.05) is 6.54 Å². The Morgan fingerprint density at radius 2 is 1.88 bits per heavy atom. The van der Waals surface area contributed by atoms with Crippen molar-refractivity contribution in [1.29, 1.82) is 0 Å². The molecule has 0 aromatic heterocycles. The third-order valence-electron chi connectivity index (χ3n) is 2.17. The molecule has 3 nitrogen and oxygen atoms in total. The highest BCUT2D eigenvalue weighted by atomic mass is 19.4. The molecule has 3 N–H and O–H groups in total. The molecule has 0 aliphatic rings. The Labute approximate surface area is 96.8 Å². The summed E-state index contributed by atoms with van der Waals surface area (Å²) in [5, 5.41) is 2.50. The standard InChI is InChI=1S/C11H13F3N2O/c12-11(13,14)6-9(10(15)17)16-7-8-4-2-1-3-5-8/h1-5,9,16H,6-7H2,(H2,15,17). The van der Waals surface area contributed by atoms with E-state index in [4.69, 9.17) is 5.73 Å². The average molecular weight is 246 g/mol. The van der Waals surface area contributed by atoms with Crippen LogP contribution in [-0.4, -0.2) is 18.1 Å². The minimum atomic E-state index is -4.41. The molecule has 0 aliphatic heterocycles. The molecule has 0 aliphatic carbocycles. The molecule has 0 saturated heterocycles. The number of carbonyl (C=O) groups is 1. The smallest absolute Gasteiger partial charge is 0.368 e. The molecule has 0 radical (unpaired) electrons. The van der Waals surface area contributed by atoms with Crippen LogP contribution in [0.25, 0.3) is 0 Å². The van der Waals surface area contributed by atoms with Crippen LogP contribution in [0.2, 0.25) is 0 Å². The van der Waals surface area contributed by atoms with Crippen LogP contribution in [-0.2, 0) is 11.3 Å². The van der Waals surface area contributed by atoms with E-state index in [-0.39, 0.29) is 6.54 Å². The largest absolute Gasteiger partial charge is 0.391 e. The van der Waals surface area contributed by atoms with Crippen LogP contribution in [0.3, 0.4) is 0 Å². The summed E-state index contributed by atoms with van der Waals surface area (Å²) < 4.78 is 36.4. The maximum Gasteiger partial charge on any atom is 0.391 e. The van der Waals surface area contributed by atoms with E-state index < -0.39 is 24.5 Å². The van der Waals surface area contributed by atoms with E-state index >= 15 is 0 Å². The van der Waals surface area contributed by atoms with E-state index in [9.17, 15) is 18.0 Å². The molecule has 1 atom stereocenters. The van der Waals surface area contributed by atoms with Crippen LogP contribution < -0.4 is 11.1 Å². The predicted molar refractivity (Wildman–Crippen MR) is 56.9 cm³/mol. The number of primary amides is 1. The van der Waals surface area contributed by atoms with Gasteiger partial charge in [-0.3, -0.25) is 4.79 Å². The van der Waals surface area contributed by atoms with Gasteiger partial charge in [-0.25, -0.2) is 0 Å².